The molecular weight excluding hydrogens is 356 g/mol. The van der Waals surface area contributed by atoms with Gasteiger partial charge in [0, 0.05) is 11.3 Å². The van der Waals surface area contributed by atoms with Crippen LogP contribution in [0.1, 0.15) is 42.3 Å². The summed E-state index contributed by atoms with van der Waals surface area (Å²) in [6.45, 7) is 5.23. The molecule has 0 heterocycles. The van der Waals surface area contributed by atoms with Gasteiger partial charge >= 0.3 is 5.97 Å². The van der Waals surface area contributed by atoms with E-state index in [-0.39, 0.29) is 12.5 Å². The second-order valence-electron chi connectivity index (χ2n) is 6.33. The van der Waals surface area contributed by atoms with Gasteiger partial charge in [-0.05, 0) is 43.0 Å². The maximum Gasteiger partial charge on any atom is 0.326 e. The summed E-state index contributed by atoms with van der Waals surface area (Å²) in [7, 11) is 0. The number of nitrogens with one attached hydrogen (secondary N) is 2. The maximum absolute atomic E-state index is 12.5. The Morgan fingerprint density at radius 2 is 1.54 bits per heavy atom. The van der Waals surface area contributed by atoms with Crippen molar-refractivity contribution in [3.8, 4) is 0 Å². The van der Waals surface area contributed by atoms with E-state index in [4.69, 9.17) is 4.74 Å². The molecule has 148 valence electrons. The Bertz CT molecular complexity index is 811. The molecule has 0 aliphatic heterocycles. The first-order valence-corrected chi connectivity index (χ1v) is 9.40. The lowest BCUT2D eigenvalue weighted by Gasteiger charge is -2.18. The van der Waals surface area contributed by atoms with Gasteiger partial charge < -0.3 is 15.4 Å². The molecule has 6 heteroatoms. The van der Waals surface area contributed by atoms with Crippen molar-refractivity contribution in [1.29, 1.82) is 0 Å². The van der Waals surface area contributed by atoms with Crippen molar-refractivity contribution in [2.24, 2.45) is 0 Å². The molecule has 0 saturated heterocycles. The zero-order valence-corrected chi connectivity index (χ0v) is 16.5. The highest BCUT2D eigenvalue weighted by Gasteiger charge is 2.20. The number of hydrogen-bond acceptors (Lipinski definition) is 4. The number of carbonyl (C=O) groups excluding carboxylic acids is 3. The fraction of sp³-hybridized carbons (Fsp3) is 0.318. The molecule has 2 rings (SSSR count). The van der Waals surface area contributed by atoms with E-state index in [0.29, 0.717) is 5.56 Å². The lowest BCUT2D eigenvalue weighted by Crippen LogP contribution is -2.36. The SMILES string of the molecule is CCc1cccc(CC)c1NC(=O)[C@@H](C)OC(=O)CNC(=O)c1ccccc1. The number of ether oxygens (including phenoxy) is 1. The van der Waals surface area contributed by atoms with Crippen LogP contribution in [0.2, 0.25) is 0 Å². The molecule has 28 heavy (non-hydrogen) atoms. The van der Waals surface area contributed by atoms with Crippen LogP contribution in [0.4, 0.5) is 5.69 Å². The summed E-state index contributed by atoms with van der Waals surface area (Å²) in [6.07, 6.45) is 0.586. The third kappa shape index (κ3) is 5.67. The van der Waals surface area contributed by atoms with Crippen LogP contribution in [-0.4, -0.2) is 30.4 Å². The maximum atomic E-state index is 12.5. The molecule has 0 radical (unpaired) electrons. The minimum absolute atomic E-state index is 0.308. The normalized spacial score (nSPS) is 11.4. The molecule has 1 atom stereocenters. The highest BCUT2D eigenvalue weighted by Crippen LogP contribution is 2.22. The molecule has 0 unspecified atom stereocenters. The molecule has 0 fully saturated rings. The fourth-order valence-corrected chi connectivity index (χ4v) is 2.76. The monoisotopic (exact) mass is 382 g/mol. The predicted octanol–water partition coefficient (Wildman–Crippen LogP) is 3.11. The van der Waals surface area contributed by atoms with Gasteiger partial charge in [0.05, 0.1) is 0 Å². The van der Waals surface area contributed by atoms with Gasteiger partial charge in [-0.2, -0.15) is 0 Å². The smallest absolute Gasteiger partial charge is 0.326 e. The van der Waals surface area contributed by atoms with E-state index >= 15 is 0 Å². The molecule has 6 nitrogen and oxygen atoms in total. The van der Waals surface area contributed by atoms with E-state index in [1.807, 2.05) is 32.0 Å². The first-order chi connectivity index (χ1) is 13.5. The van der Waals surface area contributed by atoms with Gasteiger partial charge in [0.15, 0.2) is 6.10 Å². The van der Waals surface area contributed by atoms with Crippen molar-refractivity contribution in [3.05, 3.63) is 65.2 Å². The van der Waals surface area contributed by atoms with Gasteiger partial charge in [-0.1, -0.05) is 50.2 Å². The lowest BCUT2D eigenvalue weighted by molar-refractivity contribution is -0.152. The van der Waals surface area contributed by atoms with Gasteiger partial charge in [-0.15, -0.1) is 0 Å². The molecule has 2 aromatic carbocycles. The molecule has 0 saturated carbocycles. The number of aryl methyl sites for hydroxylation is 2. The van der Waals surface area contributed by atoms with E-state index in [9.17, 15) is 14.4 Å². The van der Waals surface area contributed by atoms with Crippen molar-refractivity contribution >= 4 is 23.5 Å². The third-order valence-corrected chi connectivity index (χ3v) is 4.35. The van der Waals surface area contributed by atoms with Crippen molar-refractivity contribution in [3.63, 3.8) is 0 Å². The average Bonchev–Trinajstić information content (AvgIpc) is 2.72. The Hall–Kier alpha value is -3.15. The molecule has 2 amide bonds. The molecular formula is C22H26N2O4. The van der Waals surface area contributed by atoms with Crippen LogP contribution in [-0.2, 0) is 27.2 Å². The second-order valence-corrected chi connectivity index (χ2v) is 6.33. The van der Waals surface area contributed by atoms with Crippen molar-refractivity contribution in [2.75, 3.05) is 11.9 Å². The lowest BCUT2D eigenvalue weighted by atomic mass is 10.0. The van der Waals surface area contributed by atoms with Gasteiger partial charge in [0.1, 0.15) is 6.54 Å². The summed E-state index contributed by atoms with van der Waals surface area (Å²) < 4.78 is 5.15. The fourth-order valence-electron chi connectivity index (χ4n) is 2.76. The van der Waals surface area contributed by atoms with Gasteiger partial charge in [0.25, 0.3) is 11.8 Å². The molecule has 0 bridgehead atoms. The van der Waals surface area contributed by atoms with Gasteiger partial charge in [0.2, 0.25) is 0 Å². The van der Waals surface area contributed by atoms with Crippen LogP contribution in [0.25, 0.3) is 0 Å². The van der Waals surface area contributed by atoms with Gasteiger partial charge in [-0.3, -0.25) is 14.4 Å². The Balaban J connectivity index is 1.90. The first kappa shape index (κ1) is 21.2. The van der Waals surface area contributed by atoms with Crippen LogP contribution in [0.5, 0.6) is 0 Å². The Morgan fingerprint density at radius 3 is 2.11 bits per heavy atom. The Labute approximate surface area is 165 Å². The Morgan fingerprint density at radius 1 is 0.929 bits per heavy atom. The van der Waals surface area contributed by atoms with Crippen LogP contribution in [0.3, 0.4) is 0 Å². The number of rotatable bonds is 8. The van der Waals surface area contributed by atoms with E-state index in [1.165, 1.54) is 6.92 Å². The van der Waals surface area contributed by atoms with Crippen molar-refractivity contribution in [2.45, 2.75) is 39.7 Å². The number of para-hydroxylation sites is 1. The summed E-state index contributed by atoms with van der Waals surface area (Å²) in [5.74, 6) is -1.45. The number of amides is 2. The number of esters is 1. The van der Waals surface area contributed by atoms with Crippen molar-refractivity contribution in [1.82, 2.24) is 5.32 Å². The molecule has 2 aromatic rings. The number of hydrogen-bond donors (Lipinski definition) is 2. The van der Waals surface area contributed by atoms with E-state index < -0.39 is 18.0 Å². The highest BCUT2D eigenvalue weighted by molar-refractivity contribution is 5.98. The van der Waals surface area contributed by atoms with Crippen LogP contribution in [0, 0.1) is 0 Å². The minimum atomic E-state index is -0.976. The van der Waals surface area contributed by atoms with E-state index in [0.717, 1.165) is 29.7 Å². The molecule has 0 aliphatic carbocycles. The Kier molecular flexibility index (Phi) is 7.75. The number of carbonyl (C=O) groups is 3. The standard InChI is InChI=1S/C22H26N2O4/c1-4-16-12-9-13-17(5-2)20(16)24-21(26)15(3)28-19(25)14-23-22(27)18-10-7-6-8-11-18/h6-13,15H,4-5,14H2,1-3H3,(H,23,27)(H,24,26)/t15-/m1/s1. The molecule has 0 spiro atoms. The first-order valence-electron chi connectivity index (χ1n) is 9.40. The summed E-state index contributed by atoms with van der Waals surface area (Å²) in [5.41, 5.74) is 3.28. The van der Waals surface area contributed by atoms with E-state index in [1.54, 1.807) is 30.3 Å². The predicted molar refractivity (Wildman–Crippen MR) is 108 cm³/mol. The molecule has 0 aliphatic rings. The molecule has 0 aromatic heterocycles. The average molecular weight is 382 g/mol. The quantitative estimate of drug-likeness (QED) is 0.687. The van der Waals surface area contributed by atoms with Crippen LogP contribution < -0.4 is 10.6 Å². The third-order valence-electron chi connectivity index (χ3n) is 4.35. The summed E-state index contributed by atoms with van der Waals surface area (Å²) >= 11 is 0. The van der Waals surface area contributed by atoms with E-state index in [2.05, 4.69) is 10.6 Å². The summed E-state index contributed by atoms with van der Waals surface area (Å²) in [5, 5.41) is 5.36. The zero-order valence-electron chi connectivity index (χ0n) is 16.5. The zero-order chi connectivity index (χ0) is 20.5. The minimum Gasteiger partial charge on any atom is -0.451 e. The van der Waals surface area contributed by atoms with Gasteiger partial charge in [-0.25, -0.2) is 0 Å². The number of benzene rings is 2. The summed E-state index contributed by atoms with van der Waals surface area (Å²) in [6, 6.07) is 14.4. The number of anilines is 1. The van der Waals surface area contributed by atoms with Crippen LogP contribution in [0.15, 0.2) is 48.5 Å². The largest absolute Gasteiger partial charge is 0.451 e. The topological polar surface area (TPSA) is 84.5 Å². The van der Waals surface area contributed by atoms with Crippen molar-refractivity contribution < 1.29 is 19.1 Å². The highest BCUT2D eigenvalue weighted by atomic mass is 16.5. The molecule has 2 N–H and O–H groups in total. The summed E-state index contributed by atoms with van der Waals surface area (Å²) in [4.78, 5) is 36.4. The second kappa shape index (κ2) is 10.3. The van der Waals surface area contributed by atoms with Crippen LogP contribution >= 0.6 is 0 Å².